The minimum Gasteiger partial charge on any atom is -0.444 e. The first-order chi connectivity index (χ1) is 10.8. The molecule has 1 aliphatic carbocycles. The van der Waals surface area contributed by atoms with Crippen LogP contribution in [0.15, 0.2) is 30.3 Å². The lowest BCUT2D eigenvalue weighted by atomic mass is 10.2. The van der Waals surface area contributed by atoms with Crippen molar-refractivity contribution in [3.05, 3.63) is 35.9 Å². The number of carbonyl (C=O) groups is 2. The van der Waals surface area contributed by atoms with Gasteiger partial charge in [0, 0.05) is 25.6 Å². The number of carbonyl (C=O) groups excluding carboxylic acids is 2. The maximum Gasteiger partial charge on any atom is 0.410 e. The maximum absolute atomic E-state index is 12.3. The molecule has 1 aromatic rings. The summed E-state index contributed by atoms with van der Waals surface area (Å²) in [7, 11) is 0. The summed E-state index contributed by atoms with van der Waals surface area (Å²) in [5.74, 6) is 0.738. The molecule has 3 atom stereocenters. The van der Waals surface area contributed by atoms with Gasteiger partial charge in [-0.2, -0.15) is 0 Å². The molecule has 0 bridgehead atoms. The van der Waals surface area contributed by atoms with Crippen LogP contribution >= 0.6 is 0 Å². The molecule has 3 rings (SSSR count). The van der Waals surface area contributed by atoms with Crippen molar-refractivity contribution in [2.24, 2.45) is 17.8 Å². The molecule has 1 saturated heterocycles. The van der Waals surface area contributed by atoms with E-state index in [0.717, 1.165) is 5.56 Å². The Labute approximate surface area is 137 Å². The Bertz CT molecular complexity index is 582. The molecule has 2 fully saturated rings. The number of fused-ring (bicyclic) bond motifs is 1. The number of hydrogen-bond acceptors (Lipinski definition) is 3. The van der Waals surface area contributed by atoms with Crippen LogP contribution in [0.2, 0.25) is 0 Å². The molecule has 1 aromatic carbocycles. The number of benzene rings is 1. The summed E-state index contributed by atoms with van der Waals surface area (Å²) in [5.41, 5.74) is 0.623. The molecule has 0 spiro atoms. The molecule has 124 valence electrons. The summed E-state index contributed by atoms with van der Waals surface area (Å²) in [5, 5.41) is 3.00. The predicted molar refractivity (Wildman–Crippen MR) is 86.6 cm³/mol. The molecular formula is C18H24N2O3. The van der Waals surface area contributed by atoms with Gasteiger partial charge >= 0.3 is 6.09 Å². The second-order valence-electron chi connectivity index (χ2n) is 7.44. The van der Waals surface area contributed by atoms with Gasteiger partial charge in [0.25, 0.3) is 0 Å². The van der Waals surface area contributed by atoms with Gasteiger partial charge in [0.1, 0.15) is 5.60 Å². The van der Waals surface area contributed by atoms with Gasteiger partial charge in [0.15, 0.2) is 0 Å². The highest BCUT2D eigenvalue weighted by Crippen LogP contribution is 2.52. The number of ether oxygens (including phenoxy) is 1. The van der Waals surface area contributed by atoms with Crippen LogP contribution in [-0.2, 0) is 16.1 Å². The van der Waals surface area contributed by atoms with Gasteiger partial charge in [-0.25, -0.2) is 4.79 Å². The van der Waals surface area contributed by atoms with Crippen LogP contribution in [-0.4, -0.2) is 35.6 Å². The van der Waals surface area contributed by atoms with E-state index in [1.165, 1.54) is 0 Å². The van der Waals surface area contributed by atoms with Gasteiger partial charge in [-0.05, 0) is 38.2 Å². The summed E-state index contributed by atoms with van der Waals surface area (Å²) < 4.78 is 5.38. The third-order valence-electron chi connectivity index (χ3n) is 4.46. The smallest absolute Gasteiger partial charge is 0.410 e. The fraction of sp³-hybridized carbons (Fsp3) is 0.556. The summed E-state index contributed by atoms with van der Waals surface area (Å²) in [6.45, 7) is 7.40. The number of nitrogens with one attached hydrogen (secondary N) is 1. The SMILES string of the molecule is CC(C)(C)OC(=O)N1C[C@@H]2C(C(=O)NCc3ccccc3)[C@@H]2C1. The first kappa shape index (κ1) is 15.8. The lowest BCUT2D eigenvalue weighted by Crippen LogP contribution is -2.38. The summed E-state index contributed by atoms with van der Waals surface area (Å²) in [4.78, 5) is 26.0. The number of piperidine rings is 1. The Kier molecular flexibility index (Phi) is 4.04. The van der Waals surface area contributed by atoms with Gasteiger partial charge in [-0.15, -0.1) is 0 Å². The topological polar surface area (TPSA) is 58.6 Å². The van der Waals surface area contributed by atoms with Crippen LogP contribution in [0.25, 0.3) is 0 Å². The minimum absolute atomic E-state index is 0.0531. The van der Waals surface area contributed by atoms with Crippen LogP contribution < -0.4 is 5.32 Å². The van der Waals surface area contributed by atoms with Gasteiger partial charge in [0.05, 0.1) is 0 Å². The Morgan fingerprint density at radius 1 is 1.17 bits per heavy atom. The zero-order chi connectivity index (χ0) is 16.6. The second-order valence-corrected chi connectivity index (χ2v) is 7.44. The normalized spacial score (nSPS) is 25.7. The molecule has 0 aromatic heterocycles. The number of likely N-dealkylation sites (tertiary alicyclic amines) is 1. The van der Waals surface area contributed by atoms with Gasteiger partial charge in [-0.1, -0.05) is 30.3 Å². The van der Waals surface area contributed by atoms with Crippen LogP contribution in [0.3, 0.4) is 0 Å². The maximum atomic E-state index is 12.3. The molecular weight excluding hydrogens is 292 g/mol. The Morgan fingerprint density at radius 2 is 1.78 bits per heavy atom. The first-order valence-corrected chi connectivity index (χ1v) is 8.15. The molecule has 1 N–H and O–H groups in total. The minimum atomic E-state index is -0.476. The molecule has 2 amide bonds. The summed E-state index contributed by atoms with van der Waals surface area (Å²) >= 11 is 0. The molecule has 2 aliphatic rings. The number of hydrogen-bond donors (Lipinski definition) is 1. The van der Waals surface area contributed by atoms with Crippen molar-refractivity contribution in [1.29, 1.82) is 0 Å². The van der Waals surface area contributed by atoms with E-state index in [0.29, 0.717) is 31.5 Å². The van der Waals surface area contributed by atoms with Crippen molar-refractivity contribution in [3.8, 4) is 0 Å². The van der Waals surface area contributed by atoms with Crippen molar-refractivity contribution < 1.29 is 14.3 Å². The van der Waals surface area contributed by atoms with E-state index < -0.39 is 5.60 Å². The van der Waals surface area contributed by atoms with Crippen LogP contribution in [0.1, 0.15) is 26.3 Å². The Morgan fingerprint density at radius 3 is 2.35 bits per heavy atom. The molecule has 23 heavy (non-hydrogen) atoms. The van der Waals surface area contributed by atoms with E-state index in [1.54, 1.807) is 4.90 Å². The van der Waals surface area contributed by atoms with Gasteiger partial charge in [0.2, 0.25) is 5.91 Å². The highest BCUT2D eigenvalue weighted by atomic mass is 16.6. The lowest BCUT2D eigenvalue weighted by Gasteiger charge is -2.25. The molecule has 1 heterocycles. The predicted octanol–water partition coefficient (Wildman–Crippen LogP) is 2.42. The van der Waals surface area contributed by atoms with Crippen molar-refractivity contribution >= 4 is 12.0 Å². The molecule has 5 nitrogen and oxygen atoms in total. The lowest BCUT2D eigenvalue weighted by molar-refractivity contribution is -0.123. The summed E-state index contributed by atoms with van der Waals surface area (Å²) in [6, 6.07) is 9.89. The van der Waals surface area contributed by atoms with E-state index in [4.69, 9.17) is 4.74 Å². The third kappa shape index (κ3) is 3.66. The highest BCUT2D eigenvalue weighted by molar-refractivity contribution is 5.83. The van der Waals surface area contributed by atoms with Crippen molar-refractivity contribution in [2.75, 3.05) is 13.1 Å². The average Bonchev–Trinajstić information content (AvgIpc) is 2.98. The highest BCUT2D eigenvalue weighted by Gasteiger charge is 2.60. The number of nitrogens with zero attached hydrogens (tertiary/aromatic N) is 1. The first-order valence-electron chi connectivity index (χ1n) is 8.15. The average molecular weight is 316 g/mol. The number of rotatable bonds is 3. The molecule has 1 aliphatic heterocycles. The van der Waals surface area contributed by atoms with Crippen LogP contribution in [0.5, 0.6) is 0 Å². The van der Waals surface area contributed by atoms with E-state index in [1.807, 2.05) is 51.1 Å². The van der Waals surface area contributed by atoms with E-state index in [9.17, 15) is 9.59 Å². The van der Waals surface area contributed by atoms with E-state index >= 15 is 0 Å². The standard InChI is InChI=1S/C18H24N2O3/c1-18(2,3)23-17(22)20-10-13-14(11-20)15(13)16(21)19-9-12-7-5-4-6-8-12/h4-8,13-15H,9-11H2,1-3H3,(H,19,21)/t13-,14+,15?. The molecule has 1 saturated carbocycles. The second kappa shape index (κ2) is 5.87. The van der Waals surface area contributed by atoms with Crippen LogP contribution in [0, 0.1) is 17.8 Å². The monoisotopic (exact) mass is 316 g/mol. The fourth-order valence-electron chi connectivity index (χ4n) is 3.29. The van der Waals surface area contributed by atoms with Crippen LogP contribution in [0.4, 0.5) is 4.79 Å². The number of amides is 2. The van der Waals surface area contributed by atoms with Crippen molar-refractivity contribution in [1.82, 2.24) is 10.2 Å². The van der Waals surface area contributed by atoms with Crippen molar-refractivity contribution in [3.63, 3.8) is 0 Å². The zero-order valence-electron chi connectivity index (χ0n) is 13.9. The van der Waals surface area contributed by atoms with Gasteiger partial charge < -0.3 is 15.0 Å². The quantitative estimate of drug-likeness (QED) is 0.931. The van der Waals surface area contributed by atoms with Crippen molar-refractivity contribution in [2.45, 2.75) is 32.9 Å². The Hall–Kier alpha value is -2.04. The van der Waals surface area contributed by atoms with E-state index in [2.05, 4.69) is 5.32 Å². The van der Waals surface area contributed by atoms with Gasteiger partial charge in [-0.3, -0.25) is 4.79 Å². The molecule has 1 unspecified atom stereocenters. The summed E-state index contributed by atoms with van der Waals surface area (Å²) in [6.07, 6.45) is -0.270. The molecule has 5 heteroatoms. The largest absolute Gasteiger partial charge is 0.444 e. The third-order valence-corrected chi connectivity index (χ3v) is 4.46. The molecule has 0 radical (unpaired) electrons. The fourth-order valence-corrected chi connectivity index (χ4v) is 3.29. The van der Waals surface area contributed by atoms with E-state index in [-0.39, 0.29) is 17.9 Å². The zero-order valence-corrected chi connectivity index (χ0v) is 13.9. The Balaban J connectivity index is 1.44.